The molecule has 1 fully saturated rings. The molecule has 1 aliphatic rings. The number of aliphatic hydroxyl groups excluding tert-OH is 2. The van der Waals surface area contributed by atoms with E-state index in [9.17, 15) is 9.90 Å². The lowest BCUT2D eigenvalue weighted by Crippen LogP contribution is -2.47. The monoisotopic (exact) mass is 303 g/mol. The molecule has 20 heavy (non-hydrogen) atoms. The lowest BCUT2D eigenvalue weighted by molar-refractivity contribution is 0.0380. The van der Waals surface area contributed by atoms with Gasteiger partial charge >= 0.3 is 0 Å². The molecule has 3 N–H and O–H groups in total. The molecule has 0 unspecified atom stereocenters. The lowest BCUT2D eigenvalue weighted by atomic mass is 9.91. The van der Waals surface area contributed by atoms with Crippen molar-refractivity contribution in [2.45, 2.75) is 24.9 Å². The van der Waals surface area contributed by atoms with E-state index in [4.69, 9.17) is 21.4 Å². The zero-order valence-electron chi connectivity index (χ0n) is 11.0. The van der Waals surface area contributed by atoms with Crippen molar-refractivity contribution in [2.24, 2.45) is 0 Å². The maximum absolute atomic E-state index is 11.9. The molecule has 0 saturated carbocycles. The first kappa shape index (κ1) is 15.2. The Kier molecular flexibility index (Phi) is 4.98. The fourth-order valence-electron chi connectivity index (χ4n) is 2.18. The Balaban J connectivity index is 2.24. The van der Waals surface area contributed by atoms with Crippen molar-refractivity contribution in [3.63, 3.8) is 0 Å². The van der Waals surface area contributed by atoms with Crippen molar-refractivity contribution in [2.75, 3.05) is 31.7 Å². The van der Waals surface area contributed by atoms with Crippen LogP contribution in [0.15, 0.2) is 11.0 Å². The van der Waals surface area contributed by atoms with Crippen molar-refractivity contribution in [1.29, 1.82) is 0 Å². The minimum Gasteiger partial charge on any atom is -0.394 e. The summed E-state index contributed by atoms with van der Waals surface area (Å²) < 4.78 is 6.38. The van der Waals surface area contributed by atoms with Gasteiger partial charge in [0.25, 0.3) is 5.56 Å². The predicted molar refractivity (Wildman–Crippen MR) is 74.1 cm³/mol. The molecule has 0 radical (unpaired) electrons. The Morgan fingerprint density at radius 3 is 2.75 bits per heavy atom. The van der Waals surface area contributed by atoms with Crippen LogP contribution in [0.4, 0.5) is 5.69 Å². The van der Waals surface area contributed by atoms with Gasteiger partial charge in [-0.05, 0) is 12.8 Å². The predicted octanol–water partition coefficient (Wildman–Crippen LogP) is -0.158. The van der Waals surface area contributed by atoms with Crippen LogP contribution in [0.5, 0.6) is 0 Å². The van der Waals surface area contributed by atoms with E-state index in [1.807, 2.05) is 0 Å². The number of hydrogen-bond donors (Lipinski definition) is 3. The molecule has 0 aliphatic carbocycles. The van der Waals surface area contributed by atoms with E-state index in [1.165, 1.54) is 6.20 Å². The fraction of sp³-hybridized carbons (Fsp3) is 0.667. The number of hydrogen-bond acceptors (Lipinski definition) is 6. The van der Waals surface area contributed by atoms with E-state index in [0.717, 1.165) is 4.68 Å². The second kappa shape index (κ2) is 6.53. The molecular formula is C12H18ClN3O4. The summed E-state index contributed by atoms with van der Waals surface area (Å²) in [5.74, 6) is 0. The summed E-state index contributed by atoms with van der Waals surface area (Å²) in [4.78, 5) is 11.9. The first-order valence-corrected chi connectivity index (χ1v) is 6.83. The van der Waals surface area contributed by atoms with Crippen molar-refractivity contribution in [3.8, 4) is 0 Å². The summed E-state index contributed by atoms with van der Waals surface area (Å²) in [6.45, 7) is 0.915. The van der Waals surface area contributed by atoms with Crippen LogP contribution >= 0.6 is 11.6 Å². The maximum atomic E-state index is 11.9. The van der Waals surface area contributed by atoms with Gasteiger partial charge in [0.05, 0.1) is 37.2 Å². The molecule has 1 aromatic rings. The van der Waals surface area contributed by atoms with Crippen LogP contribution in [0.3, 0.4) is 0 Å². The van der Waals surface area contributed by atoms with Gasteiger partial charge in [0.2, 0.25) is 0 Å². The Labute approximate surface area is 121 Å². The molecule has 0 bridgehead atoms. The summed E-state index contributed by atoms with van der Waals surface area (Å²) in [5, 5.41) is 25.5. The SMILES string of the molecule is O=c1c(Cl)c(NC2(CO)CCOCC2)cnn1CCO. The smallest absolute Gasteiger partial charge is 0.287 e. The van der Waals surface area contributed by atoms with E-state index in [-0.39, 0.29) is 24.8 Å². The molecule has 2 rings (SSSR count). The lowest BCUT2D eigenvalue weighted by Gasteiger charge is -2.37. The van der Waals surface area contributed by atoms with Crippen molar-refractivity contribution in [1.82, 2.24) is 9.78 Å². The van der Waals surface area contributed by atoms with Crippen LogP contribution in [0.2, 0.25) is 5.02 Å². The molecule has 0 amide bonds. The molecule has 1 saturated heterocycles. The number of aromatic nitrogens is 2. The topological polar surface area (TPSA) is 96.6 Å². The Hall–Kier alpha value is -1.15. The van der Waals surface area contributed by atoms with Crippen LogP contribution in [0, 0.1) is 0 Å². The van der Waals surface area contributed by atoms with E-state index in [1.54, 1.807) is 0 Å². The summed E-state index contributed by atoms with van der Waals surface area (Å²) in [5.41, 5.74) is -0.619. The number of nitrogens with one attached hydrogen (secondary N) is 1. The van der Waals surface area contributed by atoms with Crippen molar-refractivity contribution in [3.05, 3.63) is 21.6 Å². The minimum absolute atomic E-state index is 0.00719. The van der Waals surface area contributed by atoms with Gasteiger partial charge in [0.1, 0.15) is 5.02 Å². The number of rotatable bonds is 5. The number of aliphatic hydroxyl groups is 2. The van der Waals surface area contributed by atoms with Gasteiger partial charge in [0, 0.05) is 13.2 Å². The molecule has 1 aliphatic heterocycles. The summed E-state index contributed by atoms with van der Waals surface area (Å²) >= 11 is 6.04. The van der Waals surface area contributed by atoms with Gasteiger partial charge < -0.3 is 20.3 Å². The van der Waals surface area contributed by atoms with Gasteiger partial charge in [-0.1, -0.05) is 11.6 Å². The molecular weight excluding hydrogens is 286 g/mol. The summed E-state index contributed by atoms with van der Waals surface area (Å²) in [7, 11) is 0. The zero-order valence-corrected chi connectivity index (χ0v) is 11.8. The quantitative estimate of drug-likeness (QED) is 0.699. The highest BCUT2D eigenvalue weighted by Gasteiger charge is 2.32. The average molecular weight is 304 g/mol. The summed E-state index contributed by atoms with van der Waals surface area (Å²) in [6.07, 6.45) is 2.69. The Morgan fingerprint density at radius 2 is 2.15 bits per heavy atom. The number of anilines is 1. The number of halogens is 1. The van der Waals surface area contributed by atoms with E-state index >= 15 is 0 Å². The molecule has 0 aromatic carbocycles. The van der Waals surface area contributed by atoms with Gasteiger partial charge in [-0.25, -0.2) is 4.68 Å². The third-order valence-electron chi connectivity index (χ3n) is 3.45. The maximum Gasteiger partial charge on any atom is 0.287 e. The molecule has 8 heteroatoms. The Morgan fingerprint density at radius 1 is 1.45 bits per heavy atom. The fourth-order valence-corrected chi connectivity index (χ4v) is 2.37. The number of nitrogens with zero attached hydrogens (tertiary/aromatic N) is 2. The van der Waals surface area contributed by atoms with Crippen LogP contribution in [0.1, 0.15) is 12.8 Å². The third kappa shape index (κ3) is 3.12. The molecule has 112 valence electrons. The van der Waals surface area contributed by atoms with Crippen molar-refractivity contribution >= 4 is 17.3 Å². The zero-order chi connectivity index (χ0) is 14.6. The Bertz CT molecular complexity index is 514. The molecule has 2 heterocycles. The number of ether oxygens (including phenoxy) is 1. The molecule has 1 aromatic heterocycles. The average Bonchev–Trinajstić information content (AvgIpc) is 2.48. The van der Waals surface area contributed by atoms with E-state index < -0.39 is 11.1 Å². The molecule has 0 atom stereocenters. The molecule has 0 spiro atoms. The van der Waals surface area contributed by atoms with Crippen LogP contribution in [-0.4, -0.2) is 52.0 Å². The third-order valence-corrected chi connectivity index (χ3v) is 3.81. The van der Waals surface area contributed by atoms with Gasteiger partial charge in [0.15, 0.2) is 0 Å². The normalized spacial score (nSPS) is 17.9. The van der Waals surface area contributed by atoms with Gasteiger partial charge in [-0.3, -0.25) is 4.79 Å². The van der Waals surface area contributed by atoms with Crippen LogP contribution < -0.4 is 10.9 Å². The van der Waals surface area contributed by atoms with E-state index in [2.05, 4.69) is 10.4 Å². The summed E-state index contributed by atoms with van der Waals surface area (Å²) in [6, 6.07) is 0. The first-order chi connectivity index (χ1) is 9.62. The van der Waals surface area contributed by atoms with E-state index in [0.29, 0.717) is 31.7 Å². The second-order valence-corrected chi connectivity index (χ2v) is 5.18. The highest BCUT2D eigenvalue weighted by molar-refractivity contribution is 6.32. The van der Waals surface area contributed by atoms with Crippen LogP contribution in [0.25, 0.3) is 0 Å². The highest BCUT2D eigenvalue weighted by Crippen LogP contribution is 2.27. The molecule has 7 nitrogen and oxygen atoms in total. The standard InChI is InChI=1S/C12H18ClN3O4/c13-10-9(7-14-16(3-4-17)11(10)19)15-12(8-18)1-5-20-6-2-12/h7,15,17-18H,1-6,8H2. The highest BCUT2D eigenvalue weighted by atomic mass is 35.5. The minimum atomic E-state index is -0.542. The van der Waals surface area contributed by atoms with Crippen molar-refractivity contribution < 1.29 is 14.9 Å². The van der Waals surface area contributed by atoms with Gasteiger partial charge in [-0.2, -0.15) is 5.10 Å². The second-order valence-electron chi connectivity index (χ2n) is 4.80. The van der Waals surface area contributed by atoms with Gasteiger partial charge in [-0.15, -0.1) is 0 Å². The first-order valence-electron chi connectivity index (χ1n) is 6.45. The van der Waals surface area contributed by atoms with Crippen LogP contribution in [-0.2, 0) is 11.3 Å². The largest absolute Gasteiger partial charge is 0.394 e.